The number of alkyl halides is 2. The van der Waals surface area contributed by atoms with E-state index in [2.05, 4.69) is 24.1 Å². The number of rotatable bonds is 6. The number of piperidine rings is 2. The Morgan fingerprint density at radius 3 is 2.73 bits per heavy atom. The third-order valence-corrected chi connectivity index (χ3v) is 7.45. The van der Waals surface area contributed by atoms with Gasteiger partial charge in [0.15, 0.2) is 0 Å². The Hall–Kier alpha value is -1.93. The third-order valence-electron chi connectivity index (χ3n) is 7.45. The van der Waals surface area contributed by atoms with Crippen LogP contribution in [-0.4, -0.2) is 56.5 Å². The number of benzene rings is 1. The highest BCUT2D eigenvalue weighted by Gasteiger charge is 2.53. The molecule has 8 heteroatoms. The summed E-state index contributed by atoms with van der Waals surface area (Å²) in [5.41, 5.74) is 1.34. The minimum absolute atomic E-state index is 0.0761. The van der Waals surface area contributed by atoms with Crippen molar-refractivity contribution in [3.63, 3.8) is 0 Å². The van der Waals surface area contributed by atoms with Crippen molar-refractivity contribution in [1.29, 1.82) is 0 Å². The predicted octanol–water partition coefficient (Wildman–Crippen LogP) is 5.13. The summed E-state index contributed by atoms with van der Waals surface area (Å²) in [6.45, 7) is 9.99. The second-order valence-electron chi connectivity index (χ2n) is 9.94. The molecule has 1 aromatic rings. The molecule has 4 rings (SSSR count). The minimum atomic E-state index is -3.26. The maximum absolute atomic E-state index is 14.9. The molecule has 1 aromatic carbocycles. The molecule has 3 atom stereocenters. The van der Waals surface area contributed by atoms with Crippen LogP contribution in [0.2, 0.25) is 0 Å². The van der Waals surface area contributed by atoms with Gasteiger partial charge in [-0.15, -0.1) is 0 Å². The fourth-order valence-corrected chi connectivity index (χ4v) is 5.15. The van der Waals surface area contributed by atoms with Gasteiger partial charge < -0.3 is 19.5 Å². The van der Waals surface area contributed by atoms with Crippen molar-refractivity contribution in [3.05, 3.63) is 23.3 Å². The van der Waals surface area contributed by atoms with Crippen LogP contribution in [0.3, 0.4) is 0 Å². The van der Waals surface area contributed by atoms with Crippen molar-refractivity contribution < 1.29 is 27.8 Å². The molecule has 0 saturated carbocycles. The van der Waals surface area contributed by atoms with Crippen molar-refractivity contribution >= 4 is 6.16 Å². The number of likely N-dealkylation sites (tertiary alicyclic amines) is 1. The summed E-state index contributed by atoms with van der Waals surface area (Å²) in [4.78, 5) is 14.9. The van der Waals surface area contributed by atoms with E-state index < -0.39 is 24.1 Å². The smallest absolute Gasteiger partial charge is 0.433 e. The van der Waals surface area contributed by atoms with Gasteiger partial charge in [-0.25, -0.2) is 4.79 Å². The number of hydrogen-bond acceptors (Lipinski definition) is 6. The summed E-state index contributed by atoms with van der Waals surface area (Å²) in [5, 5.41) is 3.20. The standard InChI is InChI=1S/C25H36F2N2O4/c1-16(2)17(3)18-13-21(32-24(30)31-12-11-29-9-5-4-6-10-29)23-19-15-28-8-7-20(19)25(26,27)33-22(23)14-18/h13-14,16-17,19-20,28H,4-12,15H2,1-3H3. The lowest BCUT2D eigenvalue weighted by Gasteiger charge is -2.42. The molecule has 0 radical (unpaired) electrons. The number of carbonyl (C=O) groups is 1. The van der Waals surface area contributed by atoms with Crippen LogP contribution in [0.15, 0.2) is 12.1 Å². The van der Waals surface area contributed by atoms with E-state index in [1.165, 1.54) is 19.3 Å². The molecule has 33 heavy (non-hydrogen) atoms. The van der Waals surface area contributed by atoms with Gasteiger partial charge in [0.2, 0.25) is 0 Å². The van der Waals surface area contributed by atoms with Crippen molar-refractivity contribution in [1.82, 2.24) is 10.2 Å². The first-order chi connectivity index (χ1) is 15.8. The Kier molecular flexibility index (Phi) is 7.43. The summed E-state index contributed by atoms with van der Waals surface area (Å²) in [6, 6.07) is 3.49. The van der Waals surface area contributed by atoms with E-state index in [-0.39, 0.29) is 29.9 Å². The van der Waals surface area contributed by atoms with Gasteiger partial charge in [-0.1, -0.05) is 27.2 Å². The monoisotopic (exact) mass is 466 g/mol. The van der Waals surface area contributed by atoms with Crippen LogP contribution >= 0.6 is 0 Å². The Bertz CT molecular complexity index is 842. The van der Waals surface area contributed by atoms with Gasteiger partial charge in [0.25, 0.3) is 0 Å². The van der Waals surface area contributed by atoms with Gasteiger partial charge in [-0.05, 0) is 68.4 Å². The molecule has 3 heterocycles. The summed E-state index contributed by atoms with van der Waals surface area (Å²) in [5.74, 6) is -0.736. The average Bonchev–Trinajstić information content (AvgIpc) is 2.78. The van der Waals surface area contributed by atoms with Gasteiger partial charge in [-0.2, -0.15) is 8.78 Å². The molecule has 184 valence electrons. The summed E-state index contributed by atoms with van der Waals surface area (Å²) >= 11 is 0. The highest BCUT2D eigenvalue weighted by molar-refractivity contribution is 5.66. The van der Waals surface area contributed by atoms with E-state index in [0.29, 0.717) is 31.6 Å². The molecule has 2 saturated heterocycles. The van der Waals surface area contributed by atoms with Gasteiger partial charge >= 0.3 is 12.3 Å². The first kappa shape index (κ1) is 24.2. The number of ether oxygens (including phenoxy) is 3. The quantitative estimate of drug-likeness (QED) is 0.464. The molecular weight excluding hydrogens is 430 g/mol. The molecule has 1 N–H and O–H groups in total. The van der Waals surface area contributed by atoms with Crippen LogP contribution < -0.4 is 14.8 Å². The highest BCUT2D eigenvalue weighted by Crippen LogP contribution is 2.53. The van der Waals surface area contributed by atoms with E-state index in [1.54, 1.807) is 12.1 Å². The fraction of sp³-hybridized carbons (Fsp3) is 0.720. The second kappa shape index (κ2) is 10.1. The molecule has 3 aliphatic rings. The van der Waals surface area contributed by atoms with Crippen molar-refractivity contribution in [2.75, 3.05) is 39.3 Å². The maximum Gasteiger partial charge on any atom is 0.513 e. The molecule has 3 aliphatic heterocycles. The highest BCUT2D eigenvalue weighted by atomic mass is 19.3. The van der Waals surface area contributed by atoms with Crippen LogP contribution in [-0.2, 0) is 4.74 Å². The first-order valence-corrected chi connectivity index (χ1v) is 12.3. The lowest BCUT2D eigenvalue weighted by Crippen LogP contribution is -2.49. The van der Waals surface area contributed by atoms with E-state index in [9.17, 15) is 13.6 Å². The molecule has 0 bridgehead atoms. The SMILES string of the molecule is CC(C)C(C)c1cc(OC(=O)OCCN2CCCCC2)c2c(c1)OC(F)(F)C1CCNCC21. The number of nitrogens with zero attached hydrogens (tertiary/aromatic N) is 1. The Balaban J connectivity index is 1.56. The number of fused-ring (bicyclic) bond motifs is 3. The Labute approximate surface area is 194 Å². The molecule has 0 spiro atoms. The van der Waals surface area contributed by atoms with Crippen LogP contribution in [0.4, 0.5) is 13.6 Å². The van der Waals surface area contributed by atoms with Crippen LogP contribution in [0.25, 0.3) is 0 Å². The zero-order valence-electron chi connectivity index (χ0n) is 19.9. The van der Waals surface area contributed by atoms with Gasteiger partial charge in [0, 0.05) is 24.6 Å². The molecule has 3 unspecified atom stereocenters. The lowest BCUT2D eigenvalue weighted by molar-refractivity contribution is -0.234. The van der Waals surface area contributed by atoms with E-state index >= 15 is 0 Å². The number of carbonyl (C=O) groups excluding carboxylic acids is 1. The second-order valence-corrected chi connectivity index (χ2v) is 9.94. The van der Waals surface area contributed by atoms with Gasteiger partial charge in [-0.3, -0.25) is 4.90 Å². The van der Waals surface area contributed by atoms with Crippen LogP contribution in [0, 0.1) is 11.8 Å². The third kappa shape index (κ3) is 5.43. The summed E-state index contributed by atoms with van der Waals surface area (Å²) < 4.78 is 46.0. The first-order valence-electron chi connectivity index (χ1n) is 12.3. The van der Waals surface area contributed by atoms with Gasteiger partial charge in [0.05, 0.1) is 5.92 Å². The number of halogens is 2. The molecule has 0 aromatic heterocycles. The molecule has 2 fully saturated rings. The average molecular weight is 467 g/mol. The normalized spacial score (nSPS) is 25.5. The lowest BCUT2D eigenvalue weighted by atomic mass is 9.77. The Morgan fingerprint density at radius 2 is 2.00 bits per heavy atom. The van der Waals surface area contributed by atoms with E-state index in [1.807, 2.05) is 6.92 Å². The molecule has 0 amide bonds. The van der Waals surface area contributed by atoms with Crippen LogP contribution in [0.5, 0.6) is 11.5 Å². The fourth-order valence-electron chi connectivity index (χ4n) is 5.15. The zero-order chi connectivity index (χ0) is 23.6. The van der Waals surface area contributed by atoms with Crippen LogP contribution in [0.1, 0.15) is 69.4 Å². The molecule has 0 aliphatic carbocycles. The predicted molar refractivity (Wildman–Crippen MR) is 121 cm³/mol. The zero-order valence-corrected chi connectivity index (χ0v) is 19.9. The van der Waals surface area contributed by atoms with E-state index in [0.717, 1.165) is 18.7 Å². The number of nitrogens with one attached hydrogen (secondary N) is 1. The Morgan fingerprint density at radius 1 is 1.24 bits per heavy atom. The topological polar surface area (TPSA) is 60.0 Å². The maximum atomic E-state index is 14.9. The number of hydrogen-bond donors (Lipinski definition) is 1. The van der Waals surface area contributed by atoms with Crippen molar-refractivity contribution in [3.8, 4) is 11.5 Å². The minimum Gasteiger partial charge on any atom is -0.433 e. The largest absolute Gasteiger partial charge is 0.513 e. The molecular formula is C25H36F2N2O4. The van der Waals surface area contributed by atoms with Crippen molar-refractivity contribution in [2.45, 2.75) is 64.4 Å². The van der Waals surface area contributed by atoms with E-state index in [4.69, 9.17) is 14.2 Å². The van der Waals surface area contributed by atoms with Crippen molar-refractivity contribution in [2.24, 2.45) is 11.8 Å². The summed E-state index contributed by atoms with van der Waals surface area (Å²) in [7, 11) is 0. The molecule has 6 nitrogen and oxygen atoms in total. The van der Waals surface area contributed by atoms with Gasteiger partial charge in [0.1, 0.15) is 18.1 Å². The summed E-state index contributed by atoms with van der Waals surface area (Å²) in [6.07, 6.45) is -0.196.